The van der Waals surface area contributed by atoms with Gasteiger partial charge in [-0.2, -0.15) is 4.31 Å². The zero-order valence-electron chi connectivity index (χ0n) is 21.2. The Morgan fingerprint density at radius 1 is 1.21 bits per heavy atom. The molecule has 3 rings (SSSR count). The van der Waals surface area contributed by atoms with E-state index in [9.17, 15) is 13.5 Å². The summed E-state index contributed by atoms with van der Waals surface area (Å²) in [4.78, 5) is 2.42. The van der Waals surface area contributed by atoms with Crippen LogP contribution in [0.25, 0.3) is 0 Å². The highest BCUT2D eigenvalue weighted by molar-refractivity contribution is 7.89. The number of fused-ring (bicyclic) bond motifs is 1. The lowest BCUT2D eigenvalue weighted by Crippen LogP contribution is -2.50. The monoisotopic (exact) mass is 492 g/mol. The van der Waals surface area contributed by atoms with Crippen LogP contribution in [0.1, 0.15) is 46.1 Å². The summed E-state index contributed by atoms with van der Waals surface area (Å²) in [6.45, 7) is 11.1. The molecular formula is C26H40N2O5S. The third-order valence-corrected chi connectivity index (χ3v) is 8.59. The van der Waals surface area contributed by atoms with Crippen molar-refractivity contribution in [3.8, 4) is 17.6 Å². The van der Waals surface area contributed by atoms with Crippen molar-refractivity contribution in [1.82, 2.24) is 9.21 Å². The fourth-order valence-electron chi connectivity index (χ4n) is 4.50. The van der Waals surface area contributed by atoms with Crippen molar-refractivity contribution >= 4 is 10.0 Å². The summed E-state index contributed by atoms with van der Waals surface area (Å²) in [7, 11) is -1.74. The van der Waals surface area contributed by atoms with Gasteiger partial charge in [-0.3, -0.25) is 0 Å². The van der Waals surface area contributed by atoms with E-state index < -0.39 is 16.1 Å². The van der Waals surface area contributed by atoms with Gasteiger partial charge in [0.05, 0.1) is 6.61 Å². The average Bonchev–Trinajstić information content (AvgIpc) is 2.80. The highest BCUT2D eigenvalue weighted by atomic mass is 32.2. The lowest BCUT2D eigenvalue weighted by Gasteiger charge is -2.38. The number of hydrogen-bond acceptors (Lipinski definition) is 6. The molecule has 1 aromatic rings. The number of aliphatic hydroxyl groups is 1. The minimum absolute atomic E-state index is 0.0699. The Morgan fingerprint density at radius 3 is 2.56 bits per heavy atom. The number of ether oxygens (including phenoxy) is 2. The summed E-state index contributed by atoms with van der Waals surface area (Å²) in [6.07, 6.45) is 1.92. The molecular weight excluding hydrogens is 452 g/mol. The van der Waals surface area contributed by atoms with Crippen LogP contribution in [0.2, 0.25) is 0 Å². The van der Waals surface area contributed by atoms with Gasteiger partial charge in [0.15, 0.2) is 0 Å². The normalized spacial score (nSPS) is 24.5. The molecule has 3 atom stereocenters. The van der Waals surface area contributed by atoms with Gasteiger partial charge < -0.3 is 19.5 Å². The van der Waals surface area contributed by atoms with Crippen molar-refractivity contribution in [2.75, 3.05) is 46.5 Å². The molecule has 0 spiro atoms. The number of benzene rings is 1. The Bertz CT molecular complexity index is 979. The largest absolute Gasteiger partial charge is 0.487 e. The molecule has 2 aliphatic heterocycles. The number of rotatable bonds is 6. The molecule has 1 saturated heterocycles. The van der Waals surface area contributed by atoms with Crippen molar-refractivity contribution in [2.24, 2.45) is 17.8 Å². The Labute approximate surface area is 205 Å². The SMILES string of the molecule is CC(C)C#Cc1ccc2c(c1)O[C@H](CN(C)CC1CCOCC1)[C@@H](C)CN([C@@H](C)CO)S2(=O)=O. The molecule has 1 aromatic carbocycles. The molecule has 0 aliphatic carbocycles. The summed E-state index contributed by atoms with van der Waals surface area (Å²) < 4.78 is 40.5. The quantitative estimate of drug-likeness (QED) is 0.616. The van der Waals surface area contributed by atoms with Gasteiger partial charge in [-0.15, -0.1) is 0 Å². The van der Waals surface area contributed by atoms with E-state index in [0.717, 1.165) is 38.2 Å². The molecule has 0 bridgehead atoms. The first-order valence-corrected chi connectivity index (χ1v) is 13.8. The van der Waals surface area contributed by atoms with Crippen LogP contribution >= 0.6 is 0 Å². The summed E-state index contributed by atoms with van der Waals surface area (Å²) in [5.74, 6) is 7.33. The Hall–Kier alpha value is -1.63. The second-order valence-corrected chi connectivity index (χ2v) is 12.0. The van der Waals surface area contributed by atoms with Crippen LogP contribution in [0.15, 0.2) is 23.1 Å². The fraction of sp³-hybridized carbons (Fsp3) is 0.692. The van der Waals surface area contributed by atoms with E-state index in [1.54, 1.807) is 25.1 Å². The van der Waals surface area contributed by atoms with Crippen molar-refractivity contribution in [3.63, 3.8) is 0 Å². The first-order chi connectivity index (χ1) is 16.1. The van der Waals surface area contributed by atoms with Crippen molar-refractivity contribution in [2.45, 2.75) is 57.6 Å². The molecule has 0 unspecified atom stereocenters. The van der Waals surface area contributed by atoms with E-state index in [0.29, 0.717) is 18.2 Å². The molecule has 0 saturated carbocycles. The van der Waals surface area contributed by atoms with E-state index in [1.165, 1.54) is 4.31 Å². The number of sulfonamides is 1. The van der Waals surface area contributed by atoms with E-state index in [-0.39, 0.29) is 36.0 Å². The molecule has 0 aromatic heterocycles. The Balaban J connectivity index is 1.94. The minimum atomic E-state index is -3.84. The number of aliphatic hydroxyl groups excluding tert-OH is 1. The molecule has 1 N–H and O–H groups in total. The summed E-state index contributed by atoms with van der Waals surface area (Å²) >= 11 is 0. The third kappa shape index (κ3) is 6.73. The van der Waals surface area contributed by atoms with Crippen molar-refractivity contribution in [1.29, 1.82) is 0 Å². The van der Waals surface area contributed by atoms with Gasteiger partial charge in [-0.1, -0.05) is 32.6 Å². The lowest BCUT2D eigenvalue weighted by molar-refractivity contribution is 0.0402. The zero-order chi connectivity index (χ0) is 24.9. The van der Waals surface area contributed by atoms with Gasteiger partial charge in [0.25, 0.3) is 0 Å². The van der Waals surface area contributed by atoms with Gasteiger partial charge in [-0.05, 0) is 50.9 Å². The summed E-state index contributed by atoms with van der Waals surface area (Å²) in [6, 6.07) is 4.53. The van der Waals surface area contributed by atoms with E-state index in [1.807, 2.05) is 20.8 Å². The van der Waals surface area contributed by atoms with Gasteiger partial charge in [-0.25, -0.2) is 8.42 Å². The van der Waals surface area contributed by atoms with Crippen LogP contribution in [-0.4, -0.2) is 81.4 Å². The van der Waals surface area contributed by atoms with Gasteiger partial charge in [0, 0.05) is 56.3 Å². The smallest absolute Gasteiger partial charge is 0.247 e. The minimum Gasteiger partial charge on any atom is -0.487 e. The van der Waals surface area contributed by atoms with Crippen LogP contribution < -0.4 is 4.74 Å². The molecule has 2 heterocycles. The maximum Gasteiger partial charge on any atom is 0.247 e. The first-order valence-electron chi connectivity index (χ1n) is 12.3. The highest BCUT2D eigenvalue weighted by Gasteiger charge is 2.38. The van der Waals surface area contributed by atoms with Gasteiger partial charge in [0.1, 0.15) is 16.7 Å². The van der Waals surface area contributed by atoms with Crippen LogP contribution in [-0.2, 0) is 14.8 Å². The van der Waals surface area contributed by atoms with Crippen molar-refractivity contribution < 1.29 is 23.0 Å². The average molecular weight is 493 g/mol. The van der Waals surface area contributed by atoms with Crippen LogP contribution in [0, 0.1) is 29.6 Å². The fourth-order valence-corrected chi connectivity index (χ4v) is 6.33. The maximum absolute atomic E-state index is 13.6. The molecule has 8 heteroatoms. The summed E-state index contributed by atoms with van der Waals surface area (Å²) in [5.41, 5.74) is 0.729. The lowest BCUT2D eigenvalue weighted by atomic mass is 9.98. The number of nitrogens with zero attached hydrogens (tertiary/aromatic N) is 2. The Kier molecular flexibility index (Phi) is 9.41. The second kappa shape index (κ2) is 11.9. The van der Waals surface area contributed by atoms with Crippen LogP contribution in [0.4, 0.5) is 0 Å². The molecule has 34 heavy (non-hydrogen) atoms. The summed E-state index contributed by atoms with van der Waals surface area (Å²) in [5, 5.41) is 9.80. The van der Waals surface area contributed by atoms with Gasteiger partial charge >= 0.3 is 0 Å². The van der Waals surface area contributed by atoms with E-state index >= 15 is 0 Å². The molecule has 2 aliphatic rings. The zero-order valence-corrected chi connectivity index (χ0v) is 22.0. The van der Waals surface area contributed by atoms with Crippen molar-refractivity contribution in [3.05, 3.63) is 23.8 Å². The standard InChI is InChI=1S/C26H40N2O5S/c1-19(2)6-7-22-8-9-26-24(14-22)33-25(17-27(5)16-23-10-12-32-13-11-23)20(3)15-28(21(4)18-29)34(26,30)31/h8-9,14,19-21,23,25,29H,10-13,15-18H2,1-5H3/t20-,21-,25+/m0/s1. The second-order valence-electron chi connectivity index (χ2n) is 10.1. The maximum atomic E-state index is 13.6. The Morgan fingerprint density at radius 2 is 1.91 bits per heavy atom. The van der Waals surface area contributed by atoms with E-state index in [4.69, 9.17) is 9.47 Å². The first kappa shape index (κ1) is 27.0. The molecule has 0 amide bonds. The topological polar surface area (TPSA) is 79.3 Å². The molecule has 190 valence electrons. The third-order valence-electron chi connectivity index (χ3n) is 6.57. The number of likely N-dealkylation sites (N-methyl/N-ethyl adjacent to an activating group) is 1. The molecule has 0 radical (unpaired) electrons. The number of hydrogen-bond donors (Lipinski definition) is 1. The molecule has 1 fully saturated rings. The predicted molar refractivity (Wildman–Crippen MR) is 133 cm³/mol. The van der Waals surface area contributed by atoms with E-state index in [2.05, 4.69) is 23.8 Å². The predicted octanol–water partition coefficient (Wildman–Crippen LogP) is 2.82. The highest BCUT2D eigenvalue weighted by Crippen LogP contribution is 2.34. The van der Waals surface area contributed by atoms with Gasteiger partial charge in [0.2, 0.25) is 10.0 Å². The molecule has 7 nitrogen and oxygen atoms in total. The van der Waals surface area contributed by atoms with Crippen LogP contribution in [0.5, 0.6) is 5.75 Å². The van der Waals surface area contributed by atoms with Crippen LogP contribution in [0.3, 0.4) is 0 Å².